The highest BCUT2D eigenvalue weighted by atomic mass is 35.5. The summed E-state index contributed by atoms with van der Waals surface area (Å²) in [5, 5.41) is 11.0. The lowest BCUT2D eigenvalue weighted by Crippen LogP contribution is -2.08. The maximum atomic E-state index is 12.2. The van der Waals surface area contributed by atoms with Crippen molar-refractivity contribution in [2.75, 3.05) is 0 Å². The van der Waals surface area contributed by atoms with Crippen LogP contribution in [0, 0.1) is 17.0 Å². The van der Waals surface area contributed by atoms with E-state index in [-0.39, 0.29) is 10.8 Å². The molecule has 6 nitrogen and oxygen atoms in total. The van der Waals surface area contributed by atoms with E-state index < -0.39 is 16.1 Å². The summed E-state index contributed by atoms with van der Waals surface area (Å²) in [4.78, 5) is 18.3. The number of benzene rings is 1. The molecule has 19 heavy (non-hydrogen) atoms. The number of hydrogen-bond acceptors (Lipinski definition) is 5. The van der Waals surface area contributed by atoms with Crippen LogP contribution in [0.3, 0.4) is 0 Å². The maximum absolute atomic E-state index is 12.2. The number of halogens is 1. The predicted molar refractivity (Wildman–Crippen MR) is 69.5 cm³/mol. The van der Waals surface area contributed by atoms with Crippen molar-refractivity contribution in [3.05, 3.63) is 51.3 Å². The Balaban J connectivity index is 2.30. The van der Waals surface area contributed by atoms with Crippen LogP contribution >= 0.6 is 11.6 Å². The average Bonchev–Trinajstić information content (AvgIpc) is 2.41. The molecule has 0 spiro atoms. The summed E-state index contributed by atoms with van der Waals surface area (Å²) in [7, 11) is 0. The van der Waals surface area contributed by atoms with Gasteiger partial charge < -0.3 is 4.55 Å². The lowest BCUT2D eigenvalue weighted by atomic mass is 10.3. The van der Waals surface area contributed by atoms with Crippen LogP contribution in [0.15, 0.2) is 40.5 Å². The third-order valence-corrected chi connectivity index (χ3v) is 3.92. The second kappa shape index (κ2) is 5.52. The number of aryl methyl sites for hydroxylation is 1. The molecule has 1 aromatic heterocycles. The Morgan fingerprint density at radius 1 is 1.32 bits per heavy atom. The quantitative estimate of drug-likeness (QED) is 0.375. The van der Waals surface area contributed by atoms with Crippen molar-refractivity contribution < 1.29 is 9.48 Å². The van der Waals surface area contributed by atoms with Gasteiger partial charge in [-0.3, -0.25) is 10.1 Å². The van der Waals surface area contributed by atoms with E-state index in [9.17, 15) is 14.7 Å². The molecule has 0 bridgehead atoms. The Morgan fingerprint density at radius 2 is 1.95 bits per heavy atom. The molecular formula is C11H8ClN3O3S. The summed E-state index contributed by atoms with van der Waals surface area (Å²) in [5.74, 6) is 0. The Labute approximate surface area is 116 Å². The minimum Gasteiger partial charge on any atom is -0.604 e. The Hall–Kier alpha value is -1.70. The molecule has 1 unspecified atom stereocenters. The van der Waals surface area contributed by atoms with Gasteiger partial charge >= 0.3 is 5.16 Å². The zero-order valence-corrected chi connectivity index (χ0v) is 11.3. The molecule has 0 radical (unpaired) electrons. The smallest absolute Gasteiger partial charge is 0.348 e. The van der Waals surface area contributed by atoms with Gasteiger partial charge in [0.2, 0.25) is 0 Å². The zero-order valence-electron chi connectivity index (χ0n) is 9.74. The zero-order chi connectivity index (χ0) is 14.0. The highest BCUT2D eigenvalue weighted by Crippen LogP contribution is 2.22. The van der Waals surface area contributed by atoms with Crippen LogP contribution in [0.1, 0.15) is 5.69 Å². The molecule has 8 heteroatoms. The largest absolute Gasteiger partial charge is 0.604 e. The van der Waals surface area contributed by atoms with E-state index in [0.717, 1.165) is 0 Å². The van der Waals surface area contributed by atoms with Gasteiger partial charge in [0, 0.05) is 24.3 Å². The Bertz CT molecular complexity index is 621. The summed E-state index contributed by atoms with van der Waals surface area (Å²) in [6.07, 6.45) is 1.38. The van der Waals surface area contributed by atoms with Gasteiger partial charge in [-0.1, -0.05) is 11.6 Å². The van der Waals surface area contributed by atoms with Crippen LogP contribution in [0.2, 0.25) is 5.02 Å². The van der Waals surface area contributed by atoms with E-state index in [1.807, 2.05) is 0 Å². The summed E-state index contributed by atoms with van der Waals surface area (Å²) in [6.45, 7) is 1.68. The van der Waals surface area contributed by atoms with Gasteiger partial charge in [0.15, 0.2) is 4.90 Å². The van der Waals surface area contributed by atoms with E-state index in [1.54, 1.807) is 6.92 Å². The van der Waals surface area contributed by atoms with E-state index in [4.69, 9.17) is 11.6 Å². The molecule has 1 aromatic carbocycles. The van der Waals surface area contributed by atoms with Gasteiger partial charge in [0.1, 0.15) is 0 Å². The van der Waals surface area contributed by atoms with Crippen LogP contribution in [-0.4, -0.2) is 19.4 Å². The SMILES string of the molecule is Cc1nc([S+]([O-])c2ccc([N+](=O)[O-])cc2)ncc1Cl. The molecule has 0 saturated carbocycles. The van der Waals surface area contributed by atoms with Crippen molar-refractivity contribution in [1.29, 1.82) is 0 Å². The number of nitrogens with zero attached hydrogens (tertiary/aromatic N) is 3. The van der Waals surface area contributed by atoms with Gasteiger partial charge in [-0.25, -0.2) is 0 Å². The first kappa shape index (κ1) is 13.7. The fourth-order valence-corrected chi connectivity index (χ4v) is 2.37. The maximum Gasteiger partial charge on any atom is 0.348 e. The highest BCUT2D eigenvalue weighted by Gasteiger charge is 2.20. The molecule has 0 N–H and O–H groups in total. The molecular weight excluding hydrogens is 290 g/mol. The predicted octanol–water partition coefficient (Wildman–Crippen LogP) is 2.51. The van der Waals surface area contributed by atoms with Gasteiger partial charge in [-0.2, -0.15) is 9.97 Å². The lowest BCUT2D eigenvalue weighted by molar-refractivity contribution is -0.384. The van der Waals surface area contributed by atoms with Crippen molar-refractivity contribution in [2.24, 2.45) is 0 Å². The number of aromatic nitrogens is 2. The first-order valence-electron chi connectivity index (χ1n) is 5.14. The number of non-ortho nitro benzene ring substituents is 1. The molecule has 2 aromatic rings. The fourth-order valence-electron chi connectivity index (χ4n) is 1.32. The van der Waals surface area contributed by atoms with Crippen LogP contribution in [0.5, 0.6) is 0 Å². The Morgan fingerprint density at radius 3 is 2.47 bits per heavy atom. The van der Waals surface area contributed by atoms with Crippen molar-refractivity contribution >= 4 is 28.5 Å². The van der Waals surface area contributed by atoms with Crippen LogP contribution in [0.4, 0.5) is 5.69 Å². The van der Waals surface area contributed by atoms with E-state index in [2.05, 4.69) is 9.97 Å². The van der Waals surface area contributed by atoms with Crippen molar-refractivity contribution in [3.63, 3.8) is 0 Å². The number of nitro groups is 1. The molecule has 0 fully saturated rings. The molecule has 0 saturated heterocycles. The second-order valence-electron chi connectivity index (χ2n) is 3.61. The van der Waals surface area contributed by atoms with Gasteiger partial charge in [0.05, 0.1) is 33.0 Å². The number of rotatable bonds is 3. The van der Waals surface area contributed by atoms with Crippen LogP contribution in [-0.2, 0) is 11.2 Å². The molecule has 0 aliphatic rings. The first-order chi connectivity index (χ1) is 8.99. The van der Waals surface area contributed by atoms with Gasteiger partial charge in [-0.05, 0) is 6.92 Å². The van der Waals surface area contributed by atoms with E-state index in [0.29, 0.717) is 15.6 Å². The van der Waals surface area contributed by atoms with Crippen molar-refractivity contribution in [3.8, 4) is 0 Å². The second-order valence-corrected chi connectivity index (χ2v) is 5.39. The average molecular weight is 298 g/mol. The summed E-state index contributed by atoms with van der Waals surface area (Å²) >= 11 is 4.20. The van der Waals surface area contributed by atoms with E-state index >= 15 is 0 Å². The molecule has 2 rings (SSSR count). The molecule has 0 amide bonds. The van der Waals surface area contributed by atoms with Crippen molar-refractivity contribution in [2.45, 2.75) is 17.0 Å². The fraction of sp³-hybridized carbons (Fsp3) is 0.0909. The molecule has 1 atom stereocenters. The first-order valence-corrected chi connectivity index (χ1v) is 6.67. The minimum atomic E-state index is -1.59. The minimum absolute atomic E-state index is 0.0612. The standard InChI is InChI=1S/C11H8ClN3O3S/c1-7-10(12)6-13-11(14-7)19(18)9-4-2-8(3-5-9)15(16)17/h2-6H,1H3. The van der Waals surface area contributed by atoms with Gasteiger partial charge in [-0.15, -0.1) is 0 Å². The van der Waals surface area contributed by atoms with Crippen LogP contribution in [0.25, 0.3) is 0 Å². The number of hydrogen-bond donors (Lipinski definition) is 0. The molecule has 1 heterocycles. The molecule has 98 valence electrons. The normalized spacial score (nSPS) is 12.2. The highest BCUT2D eigenvalue weighted by molar-refractivity contribution is 7.91. The lowest BCUT2D eigenvalue weighted by Gasteiger charge is -2.07. The third kappa shape index (κ3) is 3.01. The summed E-state index contributed by atoms with van der Waals surface area (Å²) in [6, 6.07) is 5.41. The Kier molecular flexibility index (Phi) is 3.98. The van der Waals surface area contributed by atoms with Crippen LogP contribution < -0.4 is 0 Å². The topological polar surface area (TPSA) is 92.0 Å². The van der Waals surface area contributed by atoms with E-state index in [1.165, 1.54) is 30.5 Å². The summed E-state index contributed by atoms with van der Waals surface area (Å²) in [5.41, 5.74) is 0.468. The third-order valence-electron chi connectivity index (χ3n) is 2.32. The molecule has 0 aliphatic heterocycles. The van der Waals surface area contributed by atoms with Crippen molar-refractivity contribution in [1.82, 2.24) is 9.97 Å². The van der Waals surface area contributed by atoms with Gasteiger partial charge in [0.25, 0.3) is 5.69 Å². The monoisotopic (exact) mass is 297 g/mol. The molecule has 0 aliphatic carbocycles. The number of nitro benzene ring substituents is 1. The summed E-state index contributed by atoms with van der Waals surface area (Å²) < 4.78 is 12.2.